The Morgan fingerprint density at radius 3 is 2.55 bits per heavy atom. The highest BCUT2D eigenvalue weighted by atomic mass is 16.6. The Kier molecular flexibility index (Phi) is 3.08. The van der Waals surface area contributed by atoms with E-state index in [-0.39, 0.29) is 17.2 Å². The number of non-ortho nitro benzene ring substituents is 1. The van der Waals surface area contributed by atoms with Crippen molar-refractivity contribution in [3.05, 3.63) is 33.9 Å². The van der Waals surface area contributed by atoms with Crippen LogP contribution < -0.4 is 5.73 Å². The third kappa shape index (κ3) is 2.11. The monoisotopic (exact) mass is 275 g/mol. The van der Waals surface area contributed by atoms with Crippen LogP contribution in [0, 0.1) is 22.0 Å². The molecule has 2 unspecified atom stereocenters. The minimum absolute atomic E-state index is 0.0954. The van der Waals surface area contributed by atoms with Crippen molar-refractivity contribution in [2.24, 2.45) is 11.8 Å². The van der Waals surface area contributed by atoms with Crippen LogP contribution in [0.4, 0.5) is 11.4 Å². The van der Waals surface area contributed by atoms with E-state index in [4.69, 9.17) is 5.73 Å². The Morgan fingerprint density at radius 1 is 1.30 bits per heavy atom. The number of nitrogens with zero attached hydrogens (tertiary/aromatic N) is 2. The van der Waals surface area contributed by atoms with Crippen molar-refractivity contribution in [2.75, 3.05) is 18.8 Å². The molecule has 6 nitrogen and oxygen atoms in total. The van der Waals surface area contributed by atoms with E-state index in [1.807, 2.05) is 0 Å². The third-order valence-electron chi connectivity index (χ3n) is 4.49. The number of hydrogen-bond acceptors (Lipinski definition) is 4. The van der Waals surface area contributed by atoms with Gasteiger partial charge in [-0.3, -0.25) is 14.9 Å². The lowest BCUT2D eigenvalue weighted by Gasteiger charge is -2.18. The van der Waals surface area contributed by atoms with Crippen LogP contribution in [0.5, 0.6) is 0 Å². The number of rotatable bonds is 2. The highest BCUT2D eigenvalue weighted by Gasteiger charge is 2.38. The number of benzene rings is 1. The zero-order valence-electron chi connectivity index (χ0n) is 11.1. The lowest BCUT2D eigenvalue weighted by molar-refractivity contribution is -0.384. The summed E-state index contributed by atoms with van der Waals surface area (Å²) in [6.07, 6.45) is 3.61. The molecule has 1 saturated carbocycles. The Morgan fingerprint density at radius 2 is 1.95 bits per heavy atom. The highest BCUT2D eigenvalue weighted by Crippen LogP contribution is 2.38. The molecule has 3 rings (SSSR count). The van der Waals surface area contributed by atoms with Gasteiger partial charge in [0, 0.05) is 30.9 Å². The van der Waals surface area contributed by atoms with Crippen LogP contribution in [-0.2, 0) is 0 Å². The summed E-state index contributed by atoms with van der Waals surface area (Å²) in [6.45, 7) is 1.51. The summed E-state index contributed by atoms with van der Waals surface area (Å²) in [5.41, 5.74) is 6.26. The third-order valence-corrected chi connectivity index (χ3v) is 4.49. The number of carbonyl (C=O) groups excluding carboxylic acids is 1. The van der Waals surface area contributed by atoms with Gasteiger partial charge in [0.05, 0.1) is 10.5 Å². The summed E-state index contributed by atoms with van der Waals surface area (Å²) in [6, 6.07) is 4.04. The van der Waals surface area contributed by atoms with Gasteiger partial charge in [-0.2, -0.15) is 0 Å². The van der Waals surface area contributed by atoms with Gasteiger partial charge in [0.15, 0.2) is 0 Å². The first-order valence-electron chi connectivity index (χ1n) is 6.89. The molecule has 2 N–H and O–H groups in total. The maximum Gasteiger partial charge on any atom is 0.270 e. The second-order valence-electron chi connectivity index (χ2n) is 5.69. The molecule has 2 atom stereocenters. The van der Waals surface area contributed by atoms with Crippen LogP contribution >= 0.6 is 0 Å². The maximum absolute atomic E-state index is 12.5. The smallest absolute Gasteiger partial charge is 0.270 e. The molecule has 0 radical (unpaired) electrons. The number of likely N-dealkylation sites (tertiary alicyclic amines) is 1. The SMILES string of the molecule is Nc1ccc([N+](=O)[O-])cc1C(=O)N1CC2CCCC2C1. The van der Waals surface area contributed by atoms with Crippen molar-refractivity contribution in [3.8, 4) is 0 Å². The Hall–Kier alpha value is -2.11. The molecule has 1 aliphatic heterocycles. The van der Waals surface area contributed by atoms with Crippen LogP contribution in [0.1, 0.15) is 29.6 Å². The number of nitrogens with two attached hydrogens (primary N) is 1. The molecule has 6 heteroatoms. The summed E-state index contributed by atoms with van der Waals surface area (Å²) >= 11 is 0. The van der Waals surface area contributed by atoms with Crippen molar-refractivity contribution < 1.29 is 9.72 Å². The molecule has 0 bridgehead atoms. The van der Waals surface area contributed by atoms with Crippen molar-refractivity contribution in [1.29, 1.82) is 0 Å². The van der Waals surface area contributed by atoms with Gasteiger partial charge in [0.2, 0.25) is 0 Å². The molecule has 0 spiro atoms. The molecule has 2 aliphatic rings. The first-order chi connectivity index (χ1) is 9.56. The predicted octanol–water partition coefficient (Wildman–Crippen LogP) is 2.05. The zero-order valence-corrected chi connectivity index (χ0v) is 11.1. The minimum atomic E-state index is -0.505. The van der Waals surface area contributed by atoms with E-state index in [1.54, 1.807) is 4.90 Å². The van der Waals surface area contributed by atoms with Crippen LogP contribution in [0.15, 0.2) is 18.2 Å². The molecular formula is C14H17N3O3. The number of nitrogen functional groups attached to an aromatic ring is 1. The standard InChI is InChI=1S/C14H17N3O3/c15-13-5-4-11(17(19)20)6-12(13)14(18)16-7-9-2-1-3-10(9)8-16/h4-6,9-10H,1-3,7-8,15H2. The molecule has 1 aliphatic carbocycles. The van der Waals surface area contributed by atoms with Crippen LogP contribution in [-0.4, -0.2) is 28.8 Å². The second-order valence-corrected chi connectivity index (χ2v) is 5.69. The Labute approximate surface area is 116 Å². The van der Waals surface area contributed by atoms with E-state index in [9.17, 15) is 14.9 Å². The lowest BCUT2D eigenvalue weighted by atomic mass is 10.0. The van der Waals surface area contributed by atoms with E-state index in [0.717, 1.165) is 13.1 Å². The molecule has 0 aromatic heterocycles. The van der Waals surface area contributed by atoms with Gasteiger partial charge in [-0.05, 0) is 30.7 Å². The molecule has 1 amide bonds. The van der Waals surface area contributed by atoms with Crippen LogP contribution in [0.3, 0.4) is 0 Å². The fourth-order valence-electron chi connectivity index (χ4n) is 3.41. The van der Waals surface area contributed by atoms with Crippen molar-refractivity contribution in [3.63, 3.8) is 0 Å². The van der Waals surface area contributed by atoms with Gasteiger partial charge in [-0.25, -0.2) is 0 Å². The predicted molar refractivity (Wildman–Crippen MR) is 74.2 cm³/mol. The molecule has 106 valence electrons. The number of fused-ring (bicyclic) bond motifs is 1. The molecule has 1 heterocycles. The fraction of sp³-hybridized carbons (Fsp3) is 0.500. The second kappa shape index (κ2) is 4.77. The van der Waals surface area contributed by atoms with E-state index in [1.165, 1.54) is 37.5 Å². The largest absolute Gasteiger partial charge is 0.398 e. The van der Waals surface area contributed by atoms with Crippen LogP contribution in [0.2, 0.25) is 0 Å². The van der Waals surface area contributed by atoms with Gasteiger partial charge in [-0.1, -0.05) is 6.42 Å². The molecule has 1 aromatic carbocycles. The topological polar surface area (TPSA) is 89.5 Å². The van der Waals surface area contributed by atoms with E-state index in [2.05, 4.69) is 0 Å². The normalized spacial score (nSPS) is 24.7. The number of carbonyl (C=O) groups is 1. The molecule has 1 aromatic rings. The number of nitro groups is 1. The molecule has 20 heavy (non-hydrogen) atoms. The van der Waals surface area contributed by atoms with Crippen molar-refractivity contribution in [1.82, 2.24) is 4.90 Å². The molecule has 2 fully saturated rings. The van der Waals surface area contributed by atoms with Gasteiger partial charge in [-0.15, -0.1) is 0 Å². The number of nitro benzene ring substituents is 1. The summed E-state index contributed by atoms with van der Waals surface area (Å²) in [5.74, 6) is 1.01. The molecular weight excluding hydrogens is 258 g/mol. The average Bonchev–Trinajstić information content (AvgIpc) is 2.98. The van der Waals surface area contributed by atoms with Gasteiger partial charge in [0.1, 0.15) is 0 Å². The minimum Gasteiger partial charge on any atom is -0.398 e. The van der Waals surface area contributed by atoms with Gasteiger partial charge < -0.3 is 10.6 Å². The Balaban J connectivity index is 1.84. The Bertz CT molecular complexity index is 561. The maximum atomic E-state index is 12.5. The summed E-state index contributed by atoms with van der Waals surface area (Å²) in [5, 5.41) is 10.8. The van der Waals surface area contributed by atoms with E-state index in [0.29, 0.717) is 17.5 Å². The first-order valence-corrected chi connectivity index (χ1v) is 6.89. The van der Waals surface area contributed by atoms with E-state index < -0.39 is 4.92 Å². The first kappa shape index (κ1) is 12.9. The summed E-state index contributed by atoms with van der Waals surface area (Å²) in [7, 11) is 0. The van der Waals surface area contributed by atoms with Crippen LogP contribution in [0.25, 0.3) is 0 Å². The fourth-order valence-corrected chi connectivity index (χ4v) is 3.41. The quantitative estimate of drug-likeness (QED) is 0.508. The number of amides is 1. The summed E-state index contributed by atoms with van der Waals surface area (Å²) in [4.78, 5) is 24.6. The van der Waals surface area contributed by atoms with Crippen molar-refractivity contribution >= 4 is 17.3 Å². The lowest BCUT2D eigenvalue weighted by Crippen LogP contribution is -2.30. The van der Waals surface area contributed by atoms with Crippen molar-refractivity contribution in [2.45, 2.75) is 19.3 Å². The summed E-state index contributed by atoms with van der Waals surface area (Å²) < 4.78 is 0. The zero-order chi connectivity index (χ0) is 14.3. The highest BCUT2D eigenvalue weighted by molar-refractivity contribution is 6.00. The van der Waals surface area contributed by atoms with E-state index >= 15 is 0 Å². The van der Waals surface area contributed by atoms with Gasteiger partial charge >= 0.3 is 0 Å². The average molecular weight is 275 g/mol. The van der Waals surface area contributed by atoms with Gasteiger partial charge in [0.25, 0.3) is 11.6 Å². The number of anilines is 1. The number of hydrogen-bond donors (Lipinski definition) is 1. The molecule has 1 saturated heterocycles.